The van der Waals surface area contributed by atoms with E-state index in [1.807, 2.05) is 5.38 Å². The fourth-order valence-electron chi connectivity index (χ4n) is 3.86. The summed E-state index contributed by atoms with van der Waals surface area (Å²) in [6.45, 7) is 2.94. The standard InChI is InChI=1S/C19H25FN4O3S2.C6H4ClF.CH4O/c1-2-27-19(26)15-9-22-17(18-21-5-7-29-18)23-16(15)11-24-10-13(20)3-4-14(24)12-28-8-6-25;7-5-2-1-3-6(8)4-5;1-2/h5-7,13-14H,2-4,8-12H2,1H3,(H,22,23);1-4H;2H,1H3. The smallest absolute Gasteiger partial charge is 0.337 e. The molecule has 39 heavy (non-hydrogen) atoms. The van der Waals surface area contributed by atoms with Gasteiger partial charge in [0, 0.05) is 60.0 Å². The highest BCUT2D eigenvalue weighted by molar-refractivity contribution is 7.99. The van der Waals surface area contributed by atoms with E-state index in [2.05, 4.69) is 20.2 Å². The fraction of sp³-hybridized carbons (Fsp3) is 0.462. The number of aldehydes is 1. The van der Waals surface area contributed by atoms with E-state index in [0.717, 1.165) is 30.6 Å². The number of aliphatic imine (C=N–C) groups is 1. The van der Waals surface area contributed by atoms with Crippen LogP contribution in [0.3, 0.4) is 0 Å². The summed E-state index contributed by atoms with van der Waals surface area (Å²) >= 11 is 8.41. The number of amidine groups is 1. The van der Waals surface area contributed by atoms with Gasteiger partial charge in [0.05, 0.1) is 18.7 Å². The predicted molar refractivity (Wildman–Crippen MR) is 153 cm³/mol. The predicted octanol–water partition coefficient (Wildman–Crippen LogP) is 4.13. The maximum Gasteiger partial charge on any atom is 0.337 e. The summed E-state index contributed by atoms with van der Waals surface area (Å²) in [5.41, 5.74) is 1.15. The van der Waals surface area contributed by atoms with Crippen LogP contribution in [0.15, 0.2) is 52.1 Å². The van der Waals surface area contributed by atoms with Crippen LogP contribution in [0.2, 0.25) is 5.02 Å². The second-order valence-corrected chi connectivity index (χ2v) is 10.6. The van der Waals surface area contributed by atoms with Crippen molar-refractivity contribution in [3.8, 4) is 0 Å². The number of thiazole rings is 1. The molecule has 0 bridgehead atoms. The third-order valence-electron chi connectivity index (χ3n) is 5.59. The second kappa shape index (κ2) is 18.1. The SMILES string of the molecule is CCOC(=O)C1=C(CN2CC(F)CCC2CSCC=O)NC(c2nccs2)=NC1.CO.Fc1cccc(Cl)c1. The minimum absolute atomic E-state index is 0.145. The summed E-state index contributed by atoms with van der Waals surface area (Å²) in [5.74, 6) is 1.10. The van der Waals surface area contributed by atoms with Gasteiger partial charge in [-0.3, -0.25) is 9.89 Å². The molecule has 2 aliphatic heterocycles. The summed E-state index contributed by atoms with van der Waals surface area (Å²) < 4.78 is 31.4. The number of alkyl halides is 1. The molecule has 0 aliphatic carbocycles. The van der Waals surface area contributed by atoms with Gasteiger partial charge in [-0.05, 0) is 38.0 Å². The van der Waals surface area contributed by atoms with Crippen LogP contribution in [-0.2, 0) is 14.3 Å². The number of hydrogen-bond donors (Lipinski definition) is 2. The van der Waals surface area contributed by atoms with Gasteiger partial charge in [0.2, 0.25) is 0 Å². The number of likely N-dealkylation sites (tertiary alicyclic amines) is 1. The highest BCUT2D eigenvalue weighted by Gasteiger charge is 2.31. The lowest BCUT2D eigenvalue weighted by molar-refractivity contribution is -0.138. The van der Waals surface area contributed by atoms with Crippen molar-refractivity contribution in [3.05, 3.63) is 63.0 Å². The van der Waals surface area contributed by atoms with Crippen molar-refractivity contribution in [2.45, 2.75) is 32.0 Å². The third-order valence-corrected chi connectivity index (χ3v) is 7.60. The highest BCUT2D eigenvalue weighted by atomic mass is 35.5. The summed E-state index contributed by atoms with van der Waals surface area (Å²) in [6.07, 6.45) is 2.93. The Hall–Kier alpha value is -2.38. The Bertz CT molecular complexity index is 1090. The Balaban J connectivity index is 0.000000451. The molecule has 2 N–H and O–H groups in total. The van der Waals surface area contributed by atoms with Crippen molar-refractivity contribution in [3.63, 3.8) is 0 Å². The lowest BCUT2D eigenvalue weighted by atomic mass is 10.0. The molecule has 3 heterocycles. The van der Waals surface area contributed by atoms with Gasteiger partial charge in [-0.1, -0.05) is 17.7 Å². The third kappa shape index (κ3) is 11.0. The van der Waals surface area contributed by atoms with Crippen LogP contribution in [-0.4, -0.2) is 90.2 Å². The van der Waals surface area contributed by atoms with Crippen LogP contribution in [0.4, 0.5) is 8.78 Å². The number of ether oxygens (including phenoxy) is 1. The number of thioether (sulfide) groups is 1. The number of carbonyl (C=O) groups excluding carboxylic acids is 2. The zero-order valence-electron chi connectivity index (χ0n) is 21.8. The van der Waals surface area contributed by atoms with Crippen LogP contribution >= 0.6 is 34.7 Å². The van der Waals surface area contributed by atoms with E-state index in [-0.39, 0.29) is 25.0 Å². The summed E-state index contributed by atoms with van der Waals surface area (Å²) in [4.78, 5) is 33.9. The first-order chi connectivity index (χ1) is 18.9. The quantitative estimate of drug-likeness (QED) is 0.251. The number of nitrogens with one attached hydrogen (secondary N) is 1. The van der Waals surface area contributed by atoms with Gasteiger partial charge in [0.25, 0.3) is 0 Å². The first-order valence-corrected chi connectivity index (χ1v) is 14.7. The van der Waals surface area contributed by atoms with Crippen molar-refractivity contribution in [1.82, 2.24) is 15.2 Å². The molecule has 0 radical (unpaired) electrons. The van der Waals surface area contributed by atoms with E-state index in [1.54, 1.807) is 37.0 Å². The summed E-state index contributed by atoms with van der Waals surface area (Å²) in [7, 11) is 1.00. The average Bonchev–Trinajstić information content (AvgIpc) is 3.47. The molecule has 2 unspecified atom stereocenters. The molecule has 4 rings (SSSR count). The topological polar surface area (TPSA) is 104 Å². The molecule has 1 saturated heterocycles. The first kappa shape index (κ1) is 32.8. The average molecular weight is 603 g/mol. The number of benzene rings is 1. The van der Waals surface area contributed by atoms with Gasteiger partial charge >= 0.3 is 5.97 Å². The molecule has 1 fully saturated rings. The fourth-order valence-corrected chi connectivity index (χ4v) is 5.52. The number of esters is 1. The van der Waals surface area contributed by atoms with Gasteiger partial charge in [-0.2, -0.15) is 11.8 Å². The molecular formula is C26H33ClF2N4O4S2. The number of halogens is 3. The zero-order valence-corrected chi connectivity index (χ0v) is 24.2. The van der Waals surface area contributed by atoms with Crippen molar-refractivity contribution in [1.29, 1.82) is 0 Å². The van der Waals surface area contributed by atoms with Gasteiger partial charge < -0.3 is 20.0 Å². The first-order valence-electron chi connectivity index (χ1n) is 12.3. The Morgan fingerprint density at radius 3 is 2.79 bits per heavy atom. The molecule has 1 aromatic carbocycles. The van der Waals surface area contributed by atoms with E-state index < -0.39 is 12.1 Å². The van der Waals surface area contributed by atoms with E-state index in [4.69, 9.17) is 21.4 Å². The largest absolute Gasteiger partial charge is 0.463 e. The van der Waals surface area contributed by atoms with E-state index in [0.29, 0.717) is 47.4 Å². The monoisotopic (exact) mass is 602 g/mol. The van der Waals surface area contributed by atoms with Gasteiger partial charge in [0.15, 0.2) is 10.8 Å². The maximum absolute atomic E-state index is 14.2. The molecule has 2 aromatic rings. The number of aliphatic hydroxyl groups is 1. The zero-order chi connectivity index (χ0) is 28.6. The molecule has 0 amide bonds. The highest BCUT2D eigenvalue weighted by Crippen LogP contribution is 2.25. The molecule has 1 aromatic heterocycles. The van der Waals surface area contributed by atoms with Gasteiger partial charge in [-0.25, -0.2) is 18.6 Å². The minimum Gasteiger partial charge on any atom is -0.463 e. The number of hydrogen-bond acceptors (Lipinski definition) is 10. The second-order valence-electron chi connectivity index (χ2n) is 8.21. The normalized spacial score (nSPS) is 19.0. The molecule has 13 heteroatoms. The van der Waals surface area contributed by atoms with Crippen LogP contribution in [0.25, 0.3) is 0 Å². The van der Waals surface area contributed by atoms with Gasteiger partial charge in [-0.15, -0.1) is 11.3 Å². The molecule has 2 atom stereocenters. The van der Waals surface area contributed by atoms with Gasteiger partial charge in [0.1, 0.15) is 18.3 Å². The van der Waals surface area contributed by atoms with Crippen LogP contribution < -0.4 is 5.32 Å². The number of carbonyl (C=O) groups is 2. The van der Waals surface area contributed by atoms with E-state index >= 15 is 0 Å². The molecular weight excluding hydrogens is 570 g/mol. The van der Waals surface area contributed by atoms with Crippen molar-refractivity contribution in [2.24, 2.45) is 4.99 Å². The van der Waals surface area contributed by atoms with E-state index in [9.17, 15) is 18.4 Å². The van der Waals surface area contributed by atoms with Crippen molar-refractivity contribution >= 4 is 52.8 Å². The minimum atomic E-state index is -0.898. The van der Waals surface area contributed by atoms with Crippen molar-refractivity contribution in [2.75, 3.05) is 44.9 Å². The number of piperidine rings is 1. The lowest BCUT2D eigenvalue weighted by Crippen LogP contribution is -2.49. The van der Waals surface area contributed by atoms with Crippen molar-refractivity contribution < 1.29 is 28.2 Å². The molecule has 214 valence electrons. The summed E-state index contributed by atoms with van der Waals surface area (Å²) in [6, 6.07) is 5.96. The number of aromatic nitrogens is 1. The van der Waals surface area contributed by atoms with Crippen LogP contribution in [0.5, 0.6) is 0 Å². The number of nitrogens with zero attached hydrogens (tertiary/aromatic N) is 3. The number of aliphatic hydroxyl groups excluding tert-OH is 1. The van der Waals surface area contributed by atoms with Crippen LogP contribution in [0, 0.1) is 5.82 Å². The lowest BCUT2D eigenvalue weighted by Gasteiger charge is -2.38. The molecule has 8 nitrogen and oxygen atoms in total. The maximum atomic E-state index is 14.2. The molecule has 0 saturated carbocycles. The Kier molecular flexibility index (Phi) is 15.2. The van der Waals surface area contributed by atoms with E-state index in [1.165, 1.54) is 23.5 Å². The molecule has 2 aliphatic rings. The summed E-state index contributed by atoms with van der Waals surface area (Å²) in [5, 5.41) is 13.3. The number of rotatable bonds is 9. The Morgan fingerprint density at radius 1 is 1.38 bits per heavy atom. The Labute approximate surface area is 240 Å². The Morgan fingerprint density at radius 2 is 2.18 bits per heavy atom. The molecule has 0 spiro atoms. The van der Waals surface area contributed by atoms with Crippen LogP contribution in [0.1, 0.15) is 24.8 Å².